The van der Waals surface area contributed by atoms with Crippen molar-refractivity contribution in [3.05, 3.63) is 48.1 Å². The Morgan fingerprint density at radius 1 is 1.21 bits per heavy atom. The number of benzene rings is 1. The molecule has 0 heterocycles. The number of esters is 1. The number of rotatable bonds is 7. The first kappa shape index (κ1) is 15.2. The fourth-order valence-electron chi connectivity index (χ4n) is 1.42. The third-order valence-electron chi connectivity index (χ3n) is 2.32. The maximum absolute atomic E-state index is 11.1. The lowest BCUT2D eigenvalue weighted by molar-refractivity contribution is -0.139. The Morgan fingerprint density at radius 3 is 2.37 bits per heavy atom. The highest BCUT2D eigenvalue weighted by atomic mass is 16.6. The van der Waals surface area contributed by atoms with Gasteiger partial charge in [0.05, 0.1) is 6.10 Å². The van der Waals surface area contributed by atoms with E-state index in [2.05, 4.69) is 6.58 Å². The minimum atomic E-state index is -0.409. The van der Waals surface area contributed by atoms with E-state index >= 15 is 0 Å². The molecule has 0 bridgehead atoms. The molecule has 0 spiro atoms. The summed E-state index contributed by atoms with van der Waals surface area (Å²) >= 11 is 0. The lowest BCUT2D eigenvalue weighted by Crippen LogP contribution is -2.12. The fraction of sp³-hybridized carbons (Fsp3) is 0.333. The minimum Gasteiger partial charge on any atom is -0.490 e. The second-order valence-corrected chi connectivity index (χ2v) is 4.32. The van der Waals surface area contributed by atoms with E-state index in [1.807, 2.05) is 24.3 Å². The van der Waals surface area contributed by atoms with Gasteiger partial charge in [0.1, 0.15) is 19.0 Å². The highest BCUT2D eigenvalue weighted by Crippen LogP contribution is 2.14. The van der Waals surface area contributed by atoms with Crippen LogP contribution in [0.1, 0.15) is 19.4 Å². The predicted octanol–water partition coefficient (Wildman–Crippen LogP) is 2.65. The molecule has 1 radical (unpaired) electrons. The Kier molecular flexibility index (Phi) is 6.09. The second kappa shape index (κ2) is 7.59. The van der Waals surface area contributed by atoms with Gasteiger partial charge in [-0.2, -0.15) is 0 Å². The van der Waals surface area contributed by atoms with E-state index in [4.69, 9.17) is 9.47 Å². The summed E-state index contributed by atoms with van der Waals surface area (Å²) in [4.78, 5) is 11.1. The van der Waals surface area contributed by atoms with Crippen LogP contribution < -0.4 is 4.74 Å². The van der Waals surface area contributed by atoms with Crippen molar-refractivity contribution in [3.63, 3.8) is 0 Å². The van der Waals surface area contributed by atoms with Gasteiger partial charge in [-0.1, -0.05) is 18.7 Å². The molecule has 0 saturated heterocycles. The van der Waals surface area contributed by atoms with Crippen LogP contribution in [0.3, 0.4) is 0 Å². The Bertz CT molecular complexity index is 420. The van der Waals surface area contributed by atoms with Gasteiger partial charge in [-0.05, 0) is 31.5 Å². The zero-order valence-corrected chi connectivity index (χ0v) is 11.3. The molecule has 4 heteroatoms. The fourth-order valence-corrected chi connectivity index (χ4v) is 1.42. The van der Waals surface area contributed by atoms with Gasteiger partial charge in [-0.3, -0.25) is 0 Å². The largest absolute Gasteiger partial charge is 0.490 e. The Balaban J connectivity index is 2.30. The molecule has 0 saturated carbocycles. The van der Waals surface area contributed by atoms with Crippen LogP contribution in [0.4, 0.5) is 0 Å². The smallest absolute Gasteiger partial charge is 0.333 e. The van der Waals surface area contributed by atoms with Crippen molar-refractivity contribution in [1.82, 2.24) is 0 Å². The maximum Gasteiger partial charge on any atom is 0.333 e. The van der Waals surface area contributed by atoms with Crippen molar-refractivity contribution < 1.29 is 19.4 Å². The summed E-state index contributed by atoms with van der Waals surface area (Å²) < 4.78 is 10.3. The Labute approximate surface area is 113 Å². The van der Waals surface area contributed by atoms with E-state index in [9.17, 15) is 9.90 Å². The molecule has 0 aliphatic rings. The van der Waals surface area contributed by atoms with Gasteiger partial charge in [0.15, 0.2) is 0 Å². The molecule has 0 amide bonds. The number of aliphatic hydroxyl groups excluding tert-OH is 1. The van der Waals surface area contributed by atoms with E-state index in [0.717, 1.165) is 5.56 Å². The van der Waals surface area contributed by atoms with Crippen LogP contribution in [0.2, 0.25) is 0 Å². The van der Waals surface area contributed by atoms with Crippen molar-refractivity contribution in [2.75, 3.05) is 13.2 Å². The number of aliphatic hydroxyl groups is 1. The number of hydrogen-bond acceptors (Lipinski definition) is 4. The van der Waals surface area contributed by atoms with E-state index < -0.39 is 5.97 Å². The van der Waals surface area contributed by atoms with Crippen LogP contribution in [-0.4, -0.2) is 24.3 Å². The van der Waals surface area contributed by atoms with Crippen molar-refractivity contribution in [1.29, 1.82) is 0 Å². The third kappa shape index (κ3) is 6.06. The Hall–Kier alpha value is -1.81. The van der Waals surface area contributed by atoms with Crippen LogP contribution in [0, 0.1) is 6.10 Å². The first-order valence-electron chi connectivity index (χ1n) is 6.05. The van der Waals surface area contributed by atoms with Crippen LogP contribution in [-0.2, 0) is 16.0 Å². The molecule has 0 aliphatic heterocycles. The lowest BCUT2D eigenvalue weighted by Gasteiger charge is -2.08. The summed E-state index contributed by atoms with van der Waals surface area (Å²) in [5.74, 6) is 0.290. The van der Waals surface area contributed by atoms with E-state index in [1.54, 1.807) is 13.8 Å². The molecule has 4 nitrogen and oxygen atoms in total. The topological polar surface area (TPSA) is 55.8 Å². The van der Waals surface area contributed by atoms with E-state index in [-0.39, 0.29) is 6.61 Å². The molecule has 0 atom stereocenters. The molecule has 103 valence electrons. The molecule has 0 aromatic heterocycles. The molecule has 1 aromatic carbocycles. The first-order chi connectivity index (χ1) is 8.99. The third-order valence-corrected chi connectivity index (χ3v) is 2.32. The molecule has 19 heavy (non-hydrogen) atoms. The Morgan fingerprint density at radius 2 is 1.84 bits per heavy atom. The summed E-state index contributed by atoms with van der Waals surface area (Å²) in [6.07, 6.45) is 0.914. The molecule has 1 aromatic rings. The van der Waals surface area contributed by atoms with Gasteiger partial charge in [0.25, 0.3) is 0 Å². The summed E-state index contributed by atoms with van der Waals surface area (Å²) in [6, 6.07) is 7.40. The quantitative estimate of drug-likeness (QED) is 0.467. The molecular formula is C15H19O4. The number of carbonyl (C=O) groups is 1. The second-order valence-electron chi connectivity index (χ2n) is 4.32. The normalized spacial score (nSPS) is 10.3. The van der Waals surface area contributed by atoms with Crippen LogP contribution in [0.25, 0.3) is 0 Å². The van der Waals surface area contributed by atoms with Crippen LogP contribution in [0.5, 0.6) is 5.75 Å². The molecule has 1 N–H and O–H groups in total. The summed E-state index contributed by atoms with van der Waals surface area (Å²) in [7, 11) is 0. The van der Waals surface area contributed by atoms with Gasteiger partial charge in [0.2, 0.25) is 0 Å². The molecule has 0 fully saturated rings. The SMILES string of the molecule is C=C(C)C(=O)OCCOc1ccc(C[C](C)O)cc1. The average Bonchev–Trinajstić information content (AvgIpc) is 2.35. The molecule has 1 rings (SSSR count). The molecular weight excluding hydrogens is 244 g/mol. The van der Waals surface area contributed by atoms with Gasteiger partial charge in [-0.25, -0.2) is 4.79 Å². The number of ether oxygens (including phenoxy) is 2. The molecule has 0 unspecified atom stereocenters. The van der Waals surface area contributed by atoms with Gasteiger partial charge >= 0.3 is 5.97 Å². The maximum atomic E-state index is 11.1. The van der Waals surface area contributed by atoms with Crippen LogP contribution >= 0.6 is 0 Å². The lowest BCUT2D eigenvalue weighted by atomic mass is 10.1. The zero-order chi connectivity index (χ0) is 14.3. The summed E-state index contributed by atoms with van der Waals surface area (Å²) in [5, 5.41) is 9.18. The van der Waals surface area contributed by atoms with Crippen molar-refractivity contribution in [2.24, 2.45) is 0 Å². The van der Waals surface area contributed by atoms with Crippen molar-refractivity contribution >= 4 is 5.97 Å². The first-order valence-corrected chi connectivity index (χ1v) is 6.05. The van der Waals surface area contributed by atoms with Gasteiger partial charge in [-0.15, -0.1) is 0 Å². The van der Waals surface area contributed by atoms with Crippen molar-refractivity contribution in [2.45, 2.75) is 20.3 Å². The summed E-state index contributed by atoms with van der Waals surface area (Å²) in [5.41, 5.74) is 1.39. The van der Waals surface area contributed by atoms with E-state index in [0.29, 0.717) is 30.5 Å². The zero-order valence-electron chi connectivity index (χ0n) is 11.3. The monoisotopic (exact) mass is 263 g/mol. The predicted molar refractivity (Wildman–Crippen MR) is 72.3 cm³/mol. The minimum absolute atomic E-state index is 0.191. The highest BCUT2D eigenvalue weighted by Gasteiger charge is 2.03. The average molecular weight is 263 g/mol. The standard InChI is InChI=1S/C15H19O4/c1-11(2)15(17)19-9-8-18-14-6-4-13(5-7-14)10-12(3)16/h4-7,16H,1,8-10H2,2-3H3. The summed E-state index contributed by atoms with van der Waals surface area (Å²) in [6.45, 7) is 7.24. The van der Waals surface area contributed by atoms with Gasteiger partial charge in [0, 0.05) is 12.0 Å². The van der Waals surface area contributed by atoms with Gasteiger partial charge < -0.3 is 14.6 Å². The highest BCUT2D eigenvalue weighted by molar-refractivity contribution is 5.86. The number of hydrogen-bond donors (Lipinski definition) is 1. The molecule has 0 aliphatic carbocycles. The van der Waals surface area contributed by atoms with Crippen molar-refractivity contribution in [3.8, 4) is 5.75 Å². The van der Waals surface area contributed by atoms with E-state index in [1.165, 1.54) is 0 Å². The van der Waals surface area contributed by atoms with Crippen LogP contribution in [0.15, 0.2) is 36.4 Å². The number of carbonyl (C=O) groups excluding carboxylic acids is 1.